The number of imide groups is 1. The number of piperidine rings is 1. The molecule has 0 spiro atoms. The van der Waals surface area contributed by atoms with Gasteiger partial charge >= 0.3 is 0 Å². The Morgan fingerprint density at radius 3 is 2.27 bits per heavy atom. The molecule has 2 amide bonds. The van der Waals surface area contributed by atoms with Crippen LogP contribution in [0.15, 0.2) is 29.2 Å². The van der Waals surface area contributed by atoms with Gasteiger partial charge in [-0.3, -0.25) is 14.5 Å². The summed E-state index contributed by atoms with van der Waals surface area (Å²) in [5.74, 6) is -0.518. The molecule has 0 atom stereocenters. The standard InChI is InChI=1S/C14H18N2O5S/c1-21-10-9-15-22(19,20)12-7-5-11(6-8-12)16-13(17)3-2-4-14(16)18/h5-8,15H,2-4,9-10H2,1H3. The van der Waals surface area contributed by atoms with Crippen molar-refractivity contribution in [2.24, 2.45) is 0 Å². The van der Waals surface area contributed by atoms with E-state index in [0.717, 1.165) is 4.90 Å². The number of amides is 2. The average Bonchev–Trinajstić information content (AvgIpc) is 2.48. The smallest absolute Gasteiger partial charge is 0.240 e. The highest BCUT2D eigenvalue weighted by atomic mass is 32.2. The molecule has 0 saturated carbocycles. The Hall–Kier alpha value is -1.77. The quantitative estimate of drug-likeness (QED) is 0.612. The predicted molar refractivity (Wildman–Crippen MR) is 79.9 cm³/mol. The van der Waals surface area contributed by atoms with Gasteiger partial charge in [-0.25, -0.2) is 13.1 Å². The molecule has 1 N–H and O–H groups in total. The van der Waals surface area contributed by atoms with Crippen molar-refractivity contribution in [1.82, 2.24) is 4.72 Å². The first-order chi connectivity index (χ1) is 10.5. The number of benzene rings is 1. The maximum Gasteiger partial charge on any atom is 0.240 e. The highest BCUT2D eigenvalue weighted by molar-refractivity contribution is 7.89. The first-order valence-electron chi connectivity index (χ1n) is 6.90. The molecule has 0 unspecified atom stereocenters. The molecule has 1 aromatic rings. The number of methoxy groups -OCH3 is 1. The van der Waals surface area contributed by atoms with Crippen LogP contribution in [0.1, 0.15) is 19.3 Å². The van der Waals surface area contributed by atoms with Gasteiger partial charge < -0.3 is 4.74 Å². The highest BCUT2D eigenvalue weighted by Crippen LogP contribution is 2.23. The third kappa shape index (κ3) is 3.70. The number of nitrogens with one attached hydrogen (secondary N) is 1. The van der Waals surface area contributed by atoms with Crippen molar-refractivity contribution >= 4 is 27.5 Å². The molecule has 1 aromatic carbocycles. The fourth-order valence-electron chi connectivity index (χ4n) is 2.18. The van der Waals surface area contributed by atoms with E-state index in [1.165, 1.54) is 31.4 Å². The Morgan fingerprint density at radius 2 is 1.73 bits per heavy atom. The number of carbonyl (C=O) groups excluding carboxylic acids is 2. The Balaban J connectivity index is 2.16. The van der Waals surface area contributed by atoms with Gasteiger partial charge in [0.1, 0.15) is 0 Å². The van der Waals surface area contributed by atoms with E-state index in [2.05, 4.69) is 4.72 Å². The van der Waals surface area contributed by atoms with Gasteiger partial charge in [0, 0.05) is 26.5 Å². The van der Waals surface area contributed by atoms with E-state index in [0.29, 0.717) is 24.9 Å². The second kappa shape index (κ2) is 6.99. The number of ether oxygens (including phenoxy) is 1. The fraction of sp³-hybridized carbons (Fsp3) is 0.429. The molecule has 1 heterocycles. The average molecular weight is 326 g/mol. The zero-order valence-electron chi connectivity index (χ0n) is 12.2. The molecule has 0 aliphatic carbocycles. The number of hydrogen-bond donors (Lipinski definition) is 1. The van der Waals surface area contributed by atoms with Gasteiger partial charge in [0.2, 0.25) is 21.8 Å². The number of anilines is 1. The largest absolute Gasteiger partial charge is 0.383 e. The third-order valence-corrected chi connectivity index (χ3v) is 4.76. The first-order valence-corrected chi connectivity index (χ1v) is 8.38. The van der Waals surface area contributed by atoms with Crippen LogP contribution in [0.25, 0.3) is 0 Å². The van der Waals surface area contributed by atoms with E-state index in [9.17, 15) is 18.0 Å². The normalized spacial score (nSPS) is 16.1. The van der Waals surface area contributed by atoms with Crippen LogP contribution in [0.5, 0.6) is 0 Å². The SMILES string of the molecule is COCCNS(=O)(=O)c1ccc(N2C(=O)CCCC2=O)cc1. The van der Waals surface area contributed by atoms with Crippen LogP contribution in [-0.2, 0) is 24.3 Å². The molecule has 120 valence electrons. The van der Waals surface area contributed by atoms with Crippen LogP contribution < -0.4 is 9.62 Å². The number of nitrogens with zero attached hydrogens (tertiary/aromatic N) is 1. The van der Waals surface area contributed by atoms with Gasteiger partial charge in [-0.1, -0.05) is 0 Å². The van der Waals surface area contributed by atoms with Crippen molar-refractivity contribution in [3.63, 3.8) is 0 Å². The number of rotatable bonds is 6. The minimum atomic E-state index is -3.63. The first kappa shape index (κ1) is 16.6. The van der Waals surface area contributed by atoms with Gasteiger partial charge in [-0.15, -0.1) is 0 Å². The number of carbonyl (C=O) groups is 2. The molecular weight excluding hydrogens is 308 g/mol. The molecule has 0 aromatic heterocycles. The molecule has 0 radical (unpaired) electrons. The van der Waals surface area contributed by atoms with Crippen LogP contribution in [0.2, 0.25) is 0 Å². The van der Waals surface area contributed by atoms with Gasteiger partial charge in [-0.05, 0) is 30.7 Å². The lowest BCUT2D eigenvalue weighted by Gasteiger charge is -2.24. The lowest BCUT2D eigenvalue weighted by molar-refractivity contribution is -0.129. The molecule has 1 aliphatic rings. The molecule has 7 nitrogen and oxygen atoms in total. The summed E-state index contributed by atoms with van der Waals surface area (Å²) in [6.07, 6.45) is 1.21. The van der Waals surface area contributed by atoms with Crippen molar-refractivity contribution in [1.29, 1.82) is 0 Å². The molecule has 2 rings (SSSR count). The lowest BCUT2D eigenvalue weighted by Crippen LogP contribution is -2.40. The minimum absolute atomic E-state index is 0.0734. The zero-order valence-corrected chi connectivity index (χ0v) is 13.1. The van der Waals surface area contributed by atoms with Crippen LogP contribution in [0.4, 0.5) is 5.69 Å². The van der Waals surface area contributed by atoms with E-state index in [1.807, 2.05) is 0 Å². The van der Waals surface area contributed by atoms with E-state index < -0.39 is 10.0 Å². The summed E-state index contributed by atoms with van der Waals surface area (Å²) < 4.78 is 31.2. The van der Waals surface area contributed by atoms with Crippen LogP contribution >= 0.6 is 0 Å². The second-order valence-electron chi connectivity index (χ2n) is 4.86. The zero-order chi connectivity index (χ0) is 16.2. The Bertz CT molecular complexity index is 638. The fourth-order valence-corrected chi connectivity index (χ4v) is 3.19. The molecule has 1 aliphatic heterocycles. The van der Waals surface area contributed by atoms with E-state index in [-0.39, 0.29) is 29.9 Å². The summed E-state index contributed by atoms with van der Waals surface area (Å²) in [5, 5.41) is 0. The maximum atomic E-state index is 12.0. The van der Waals surface area contributed by atoms with E-state index in [1.54, 1.807) is 0 Å². The lowest BCUT2D eigenvalue weighted by atomic mass is 10.1. The number of hydrogen-bond acceptors (Lipinski definition) is 5. The van der Waals surface area contributed by atoms with Crippen molar-refractivity contribution in [3.05, 3.63) is 24.3 Å². The number of sulfonamides is 1. The molecule has 8 heteroatoms. The van der Waals surface area contributed by atoms with Crippen LogP contribution in [0.3, 0.4) is 0 Å². The van der Waals surface area contributed by atoms with Crippen LogP contribution in [-0.4, -0.2) is 40.5 Å². The van der Waals surface area contributed by atoms with Crippen molar-refractivity contribution in [2.45, 2.75) is 24.2 Å². The highest BCUT2D eigenvalue weighted by Gasteiger charge is 2.27. The summed E-state index contributed by atoms with van der Waals surface area (Å²) in [6, 6.07) is 5.68. The molecule has 1 saturated heterocycles. The maximum absolute atomic E-state index is 12.0. The van der Waals surface area contributed by atoms with Gasteiger partial charge in [0.25, 0.3) is 0 Å². The minimum Gasteiger partial charge on any atom is -0.383 e. The van der Waals surface area contributed by atoms with Gasteiger partial charge in [0.15, 0.2) is 0 Å². The van der Waals surface area contributed by atoms with Crippen LogP contribution in [0, 0.1) is 0 Å². The molecular formula is C14H18N2O5S. The summed E-state index contributed by atoms with van der Waals surface area (Å²) >= 11 is 0. The second-order valence-corrected chi connectivity index (χ2v) is 6.63. The van der Waals surface area contributed by atoms with E-state index in [4.69, 9.17) is 4.74 Å². The summed E-state index contributed by atoms with van der Waals surface area (Å²) in [7, 11) is -2.14. The molecule has 1 fully saturated rings. The predicted octanol–water partition coefficient (Wildman–Crippen LogP) is 0.655. The Morgan fingerprint density at radius 1 is 1.14 bits per heavy atom. The van der Waals surface area contributed by atoms with Crippen molar-refractivity contribution in [2.75, 3.05) is 25.2 Å². The summed E-state index contributed by atoms with van der Waals surface area (Å²) in [6.45, 7) is 0.442. The Labute approximate surface area is 129 Å². The van der Waals surface area contributed by atoms with Crippen molar-refractivity contribution < 1.29 is 22.7 Å². The monoisotopic (exact) mass is 326 g/mol. The summed E-state index contributed by atoms with van der Waals surface area (Å²) in [4.78, 5) is 24.8. The Kier molecular flexibility index (Phi) is 5.28. The third-order valence-electron chi connectivity index (χ3n) is 3.28. The van der Waals surface area contributed by atoms with Gasteiger partial charge in [0.05, 0.1) is 17.2 Å². The molecule has 22 heavy (non-hydrogen) atoms. The summed E-state index contributed by atoms with van der Waals surface area (Å²) in [5.41, 5.74) is 0.394. The van der Waals surface area contributed by atoms with Crippen molar-refractivity contribution in [3.8, 4) is 0 Å². The topological polar surface area (TPSA) is 92.8 Å². The van der Waals surface area contributed by atoms with E-state index >= 15 is 0 Å². The van der Waals surface area contributed by atoms with Gasteiger partial charge in [-0.2, -0.15) is 0 Å². The molecule has 0 bridgehead atoms.